The lowest BCUT2D eigenvalue weighted by atomic mass is 9.97. The van der Waals surface area contributed by atoms with Gasteiger partial charge in [0.1, 0.15) is 0 Å². The molecular formula is C11H18N2O3. The number of hydrogen-bond donors (Lipinski definition) is 2. The van der Waals surface area contributed by atoms with Crippen molar-refractivity contribution in [3.05, 3.63) is 0 Å². The first-order chi connectivity index (χ1) is 7.65. The van der Waals surface area contributed by atoms with Gasteiger partial charge in [-0.15, -0.1) is 0 Å². The zero-order valence-corrected chi connectivity index (χ0v) is 9.32. The number of carbonyl (C=O) groups is 2. The van der Waals surface area contributed by atoms with E-state index in [1.165, 1.54) is 12.8 Å². The molecule has 2 N–H and O–H groups in total. The van der Waals surface area contributed by atoms with Crippen molar-refractivity contribution in [1.82, 2.24) is 10.2 Å². The molecule has 2 fully saturated rings. The fourth-order valence-electron chi connectivity index (χ4n) is 2.01. The molecule has 90 valence electrons. The molecule has 1 saturated heterocycles. The van der Waals surface area contributed by atoms with Gasteiger partial charge in [0.05, 0.1) is 6.42 Å². The van der Waals surface area contributed by atoms with Crippen LogP contribution in [0.2, 0.25) is 0 Å². The molecule has 2 amide bonds. The van der Waals surface area contributed by atoms with Crippen LogP contribution in [0.4, 0.5) is 4.79 Å². The summed E-state index contributed by atoms with van der Waals surface area (Å²) in [5, 5.41) is 11.4. The average molecular weight is 226 g/mol. The highest BCUT2D eigenvalue weighted by Crippen LogP contribution is 2.31. The number of aliphatic carboxylic acids is 1. The van der Waals surface area contributed by atoms with Crippen LogP contribution < -0.4 is 5.32 Å². The molecule has 1 heterocycles. The number of likely N-dealkylation sites (tertiary alicyclic amines) is 1. The predicted octanol–water partition coefficient (Wildman–Crippen LogP) is 0.903. The minimum Gasteiger partial charge on any atom is -0.481 e. The van der Waals surface area contributed by atoms with Crippen molar-refractivity contribution < 1.29 is 14.7 Å². The summed E-state index contributed by atoms with van der Waals surface area (Å²) < 4.78 is 0. The lowest BCUT2D eigenvalue weighted by Gasteiger charge is -2.38. The summed E-state index contributed by atoms with van der Waals surface area (Å²) in [6.07, 6.45) is 3.87. The largest absolute Gasteiger partial charge is 0.481 e. The van der Waals surface area contributed by atoms with Crippen LogP contribution in [0.5, 0.6) is 0 Å². The summed E-state index contributed by atoms with van der Waals surface area (Å²) >= 11 is 0. The van der Waals surface area contributed by atoms with Gasteiger partial charge in [0, 0.05) is 25.6 Å². The second kappa shape index (κ2) is 4.72. The summed E-state index contributed by atoms with van der Waals surface area (Å²) in [5.74, 6) is 0.196. The van der Waals surface area contributed by atoms with Crippen molar-refractivity contribution in [2.45, 2.75) is 25.7 Å². The quantitative estimate of drug-likeness (QED) is 0.731. The number of hydrogen-bond acceptors (Lipinski definition) is 2. The lowest BCUT2D eigenvalue weighted by molar-refractivity contribution is -0.139. The molecular weight excluding hydrogens is 208 g/mol. The van der Waals surface area contributed by atoms with Crippen molar-refractivity contribution in [2.24, 2.45) is 11.8 Å². The molecule has 16 heavy (non-hydrogen) atoms. The van der Waals surface area contributed by atoms with E-state index in [9.17, 15) is 9.59 Å². The predicted molar refractivity (Wildman–Crippen MR) is 58.1 cm³/mol. The van der Waals surface area contributed by atoms with Gasteiger partial charge in [-0.1, -0.05) is 12.8 Å². The fraction of sp³-hybridized carbons (Fsp3) is 0.818. The third-order valence-electron chi connectivity index (χ3n) is 3.23. The third kappa shape index (κ3) is 3.12. The number of carboxylic acid groups (broad SMARTS) is 1. The molecule has 0 bridgehead atoms. The van der Waals surface area contributed by atoms with E-state index in [4.69, 9.17) is 5.11 Å². The van der Waals surface area contributed by atoms with Crippen LogP contribution in [0.15, 0.2) is 0 Å². The van der Waals surface area contributed by atoms with Crippen molar-refractivity contribution in [1.29, 1.82) is 0 Å². The van der Waals surface area contributed by atoms with Gasteiger partial charge in [0.15, 0.2) is 0 Å². The van der Waals surface area contributed by atoms with Crippen LogP contribution in [0.1, 0.15) is 25.7 Å². The zero-order chi connectivity index (χ0) is 11.5. The highest BCUT2D eigenvalue weighted by Gasteiger charge is 2.32. The molecule has 0 aromatic heterocycles. The summed E-state index contributed by atoms with van der Waals surface area (Å²) in [6.45, 7) is 1.92. The second-order valence-corrected chi connectivity index (χ2v) is 4.83. The van der Waals surface area contributed by atoms with E-state index in [2.05, 4.69) is 5.32 Å². The number of amides is 2. The number of urea groups is 1. The van der Waals surface area contributed by atoms with E-state index in [-0.39, 0.29) is 18.4 Å². The fourth-order valence-corrected chi connectivity index (χ4v) is 2.01. The van der Waals surface area contributed by atoms with Crippen LogP contribution in [0.25, 0.3) is 0 Å². The van der Waals surface area contributed by atoms with Gasteiger partial charge >= 0.3 is 12.0 Å². The maximum Gasteiger partial charge on any atom is 0.317 e. The van der Waals surface area contributed by atoms with Crippen molar-refractivity contribution >= 4 is 12.0 Å². The van der Waals surface area contributed by atoms with Crippen LogP contribution in [-0.4, -0.2) is 41.6 Å². The van der Waals surface area contributed by atoms with Crippen molar-refractivity contribution in [2.75, 3.05) is 19.6 Å². The molecule has 0 aromatic carbocycles. The van der Waals surface area contributed by atoms with E-state index in [0.717, 1.165) is 18.9 Å². The Hall–Kier alpha value is -1.26. The van der Waals surface area contributed by atoms with Crippen molar-refractivity contribution in [3.63, 3.8) is 0 Å². The van der Waals surface area contributed by atoms with Gasteiger partial charge in [-0.2, -0.15) is 0 Å². The monoisotopic (exact) mass is 226 g/mol. The summed E-state index contributed by atoms with van der Waals surface area (Å²) in [6, 6.07) is -0.0395. The Balaban J connectivity index is 1.55. The molecule has 5 heteroatoms. The molecule has 1 aliphatic heterocycles. The summed E-state index contributed by atoms with van der Waals surface area (Å²) in [4.78, 5) is 23.6. The minimum absolute atomic E-state index is 0.0395. The highest BCUT2D eigenvalue weighted by molar-refractivity contribution is 5.75. The first kappa shape index (κ1) is 11.2. The molecule has 0 spiro atoms. The standard InChI is InChI=1S/C11H18N2O3/c14-10(15)5-9-6-13(7-9)11(16)12-4-3-8-1-2-8/h8-9H,1-7H2,(H,12,16)(H,14,15). The average Bonchev–Trinajstić information content (AvgIpc) is 2.93. The molecule has 0 atom stereocenters. The van der Waals surface area contributed by atoms with E-state index in [1.54, 1.807) is 4.90 Å². The zero-order valence-electron chi connectivity index (χ0n) is 9.32. The van der Waals surface area contributed by atoms with Crippen LogP contribution in [-0.2, 0) is 4.79 Å². The van der Waals surface area contributed by atoms with Gasteiger partial charge in [0.2, 0.25) is 0 Å². The molecule has 5 nitrogen and oxygen atoms in total. The van der Waals surface area contributed by atoms with Crippen molar-refractivity contribution in [3.8, 4) is 0 Å². The van der Waals surface area contributed by atoms with Gasteiger partial charge in [0.25, 0.3) is 0 Å². The van der Waals surface area contributed by atoms with E-state index < -0.39 is 5.97 Å². The molecule has 0 aromatic rings. The Morgan fingerprint density at radius 2 is 1.94 bits per heavy atom. The smallest absolute Gasteiger partial charge is 0.317 e. The Labute approximate surface area is 94.8 Å². The maximum atomic E-state index is 11.5. The van der Waals surface area contributed by atoms with E-state index >= 15 is 0 Å². The Kier molecular flexibility index (Phi) is 3.31. The maximum absolute atomic E-state index is 11.5. The molecule has 2 rings (SSSR count). The first-order valence-electron chi connectivity index (χ1n) is 5.89. The number of rotatable bonds is 5. The number of carbonyl (C=O) groups excluding carboxylic acids is 1. The summed E-state index contributed by atoms with van der Waals surface area (Å²) in [7, 11) is 0. The van der Waals surface area contributed by atoms with E-state index in [1.807, 2.05) is 0 Å². The SMILES string of the molecule is O=C(O)CC1CN(C(=O)NCCC2CC2)C1. The molecule has 1 aliphatic carbocycles. The topological polar surface area (TPSA) is 69.6 Å². The van der Waals surface area contributed by atoms with Crippen LogP contribution in [0.3, 0.4) is 0 Å². The molecule has 0 unspecified atom stereocenters. The normalized spacial score (nSPS) is 20.4. The molecule has 1 saturated carbocycles. The Morgan fingerprint density at radius 1 is 1.25 bits per heavy atom. The number of carboxylic acids is 1. The van der Waals surface area contributed by atoms with E-state index in [0.29, 0.717) is 13.1 Å². The van der Waals surface area contributed by atoms with Gasteiger partial charge in [-0.05, 0) is 12.3 Å². The molecule has 0 radical (unpaired) electrons. The van der Waals surface area contributed by atoms with Gasteiger partial charge in [-0.3, -0.25) is 4.79 Å². The van der Waals surface area contributed by atoms with Crippen LogP contribution in [0, 0.1) is 11.8 Å². The van der Waals surface area contributed by atoms with Gasteiger partial charge < -0.3 is 15.3 Å². The summed E-state index contributed by atoms with van der Waals surface area (Å²) in [5.41, 5.74) is 0. The highest BCUT2D eigenvalue weighted by atomic mass is 16.4. The van der Waals surface area contributed by atoms with Gasteiger partial charge in [-0.25, -0.2) is 4.79 Å². The minimum atomic E-state index is -0.779. The number of nitrogens with zero attached hydrogens (tertiary/aromatic N) is 1. The second-order valence-electron chi connectivity index (χ2n) is 4.83. The van der Waals surface area contributed by atoms with Crippen LogP contribution >= 0.6 is 0 Å². The Morgan fingerprint density at radius 3 is 2.50 bits per heavy atom. The lowest BCUT2D eigenvalue weighted by Crippen LogP contribution is -2.54. The molecule has 2 aliphatic rings. The Bertz CT molecular complexity index is 283. The first-order valence-corrected chi connectivity index (χ1v) is 5.89. The number of nitrogens with one attached hydrogen (secondary N) is 1. The third-order valence-corrected chi connectivity index (χ3v) is 3.23.